The molecule has 1 amide bonds. The standard InChI is InChI=1S/C15H26N2O/c1-11-5-4-9-16-14(11)15(18)17-10-8-12-6-2-3-7-13(12)17/h11-14,16H,2-10H2,1H3. The van der Waals surface area contributed by atoms with E-state index < -0.39 is 0 Å². The first kappa shape index (κ1) is 12.5. The third kappa shape index (κ3) is 2.18. The van der Waals surface area contributed by atoms with Crippen LogP contribution in [-0.4, -0.2) is 36.0 Å². The summed E-state index contributed by atoms with van der Waals surface area (Å²) in [7, 11) is 0. The van der Waals surface area contributed by atoms with Crippen LogP contribution in [0.4, 0.5) is 0 Å². The van der Waals surface area contributed by atoms with Crippen LogP contribution in [0, 0.1) is 11.8 Å². The summed E-state index contributed by atoms with van der Waals surface area (Å²) in [5.41, 5.74) is 0. The third-order valence-electron chi connectivity index (χ3n) is 5.33. The van der Waals surface area contributed by atoms with Gasteiger partial charge < -0.3 is 10.2 Å². The SMILES string of the molecule is CC1CCCNC1C(=O)N1CCC2CCCCC21. The molecule has 0 bridgehead atoms. The average Bonchev–Trinajstić information content (AvgIpc) is 2.82. The van der Waals surface area contributed by atoms with Gasteiger partial charge in [0.25, 0.3) is 0 Å². The Balaban J connectivity index is 1.68. The Labute approximate surface area is 110 Å². The van der Waals surface area contributed by atoms with Gasteiger partial charge in [0.1, 0.15) is 0 Å². The van der Waals surface area contributed by atoms with E-state index in [1.54, 1.807) is 0 Å². The van der Waals surface area contributed by atoms with Gasteiger partial charge in [0.15, 0.2) is 0 Å². The van der Waals surface area contributed by atoms with Crippen molar-refractivity contribution in [1.29, 1.82) is 0 Å². The first-order chi connectivity index (χ1) is 8.77. The second kappa shape index (κ2) is 5.20. The van der Waals surface area contributed by atoms with Gasteiger partial charge in [0.05, 0.1) is 6.04 Å². The van der Waals surface area contributed by atoms with Crippen LogP contribution in [0.1, 0.15) is 51.9 Å². The van der Waals surface area contributed by atoms with Crippen molar-refractivity contribution in [3.8, 4) is 0 Å². The third-order valence-corrected chi connectivity index (χ3v) is 5.33. The van der Waals surface area contributed by atoms with Gasteiger partial charge in [-0.3, -0.25) is 4.79 Å². The summed E-state index contributed by atoms with van der Waals surface area (Å²) in [5.74, 6) is 1.71. The molecule has 3 fully saturated rings. The Kier molecular flexibility index (Phi) is 3.60. The molecule has 4 unspecified atom stereocenters. The highest BCUT2D eigenvalue weighted by Gasteiger charge is 2.41. The second-order valence-corrected chi connectivity index (χ2v) is 6.48. The molecule has 3 rings (SSSR count). The minimum Gasteiger partial charge on any atom is -0.338 e. The molecule has 0 spiro atoms. The normalized spacial score (nSPS) is 40.6. The number of nitrogens with one attached hydrogen (secondary N) is 1. The Morgan fingerprint density at radius 2 is 1.94 bits per heavy atom. The number of hydrogen-bond acceptors (Lipinski definition) is 2. The summed E-state index contributed by atoms with van der Waals surface area (Å²) >= 11 is 0. The zero-order valence-electron chi connectivity index (χ0n) is 11.5. The fourth-order valence-corrected chi connectivity index (χ4v) is 4.24. The lowest BCUT2D eigenvalue weighted by Gasteiger charge is -2.37. The fourth-order valence-electron chi connectivity index (χ4n) is 4.24. The van der Waals surface area contributed by atoms with E-state index >= 15 is 0 Å². The van der Waals surface area contributed by atoms with Crippen molar-refractivity contribution in [2.45, 2.75) is 64.0 Å². The van der Waals surface area contributed by atoms with Crippen molar-refractivity contribution in [3.63, 3.8) is 0 Å². The first-order valence-corrected chi connectivity index (χ1v) is 7.81. The quantitative estimate of drug-likeness (QED) is 0.773. The van der Waals surface area contributed by atoms with E-state index in [0.29, 0.717) is 17.9 Å². The van der Waals surface area contributed by atoms with E-state index in [1.807, 2.05) is 0 Å². The van der Waals surface area contributed by atoms with Crippen LogP contribution >= 0.6 is 0 Å². The van der Waals surface area contributed by atoms with Gasteiger partial charge in [-0.1, -0.05) is 19.8 Å². The number of carbonyl (C=O) groups excluding carboxylic acids is 1. The number of carbonyl (C=O) groups is 1. The minimum absolute atomic E-state index is 0.0967. The highest BCUT2D eigenvalue weighted by atomic mass is 16.2. The number of hydrogen-bond donors (Lipinski definition) is 1. The van der Waals surface area contributed by atoms with Gasteiger partial charge in [0, 0.05) is 12.6 Å². The molecule has 3 heteroatoms. The molecule has 2 heterocycles. The van der Waals surface area contributed by atoms with Gasteiger partial charge in [-0.15, -0.1) is 0 Å². The molecule has 18 heavy (non-hydrogen) atoms. The van der Waals surface area contributed by atoms with Gasteiger partial charge in [0.2, 0.25) is 5.91 Å². The van der Waals surface area contributed by atoms with E-state index in [4.69, 9.17) is 0 Å². The molecular weight excluding hydrogens is 224 g/mol. The predicted octanol–water partition coefficient (Wildman–Crippen LogP) is 2.17. The molecule has 0 aromatic carbocycles. The van der Waals surface area contributed by atoms with E-state index in [-0.39, 0.29) is 6.04 Å². The second-order valence-electron chi connectivity index (χ2n) is 6.48. The zero-order chi connectivity index (χ0) is 12.5. The number of piperidine rings is 1. The van der Waals surface area contributed by atoms with E-state index in [9.17, 15) is 4.79 Å². The van der Waals surface area contributed by atoms with Crippen LogP contribution in [0.3, 0.4) is 0 Å². The van der Waals surface area contributed by atoms with Crippen molar-refractivity contribution >= 4 is 5.91 Å². The molecule has 2 saturated heterocycles. The number of likely N-dealkylation sites (tertiary alicyclic amines) is 1. The smallest absolute Gasteiger partial charge is 0.240 e. The Hall–Kier alpha value is -0.570. The summed E-state index contributed by atoms with van der Waals surface area (Å²) < 4.78 is 0. The molecule has 1 aliphatic carbocycles. The maximum Gasteiger partial charge on any atom is 0.240 e. The van der Waals surface area contributed by atoms with Crippen LogP contribution in [0.25, 0.3) is 0 Å². The minimum atomic E-state index is 0.0967. The maximum absolute atomic E-state index is 12.7. The summed E-state index contributed by atoms with van der Waals surface area (Å²) in [6, 6.07) is 0.668. The number of rotatable bonds is 1. The molecular formula is C15H26N2O. The monoisotopic (exact) mass is 250 g/mol. The fraction of sp³-hybridized carbons (Fsp3) is 0.933. The summed E-state index contributed by atoms with van der Waals surface area (Å²) in [6.45, 7) is 4.25. The number of amides is 1. The Morgan fingerprint density at radius 3 is 2.78 bits per heavy atom. The molecule has 0 aromatic heterocycles. The highest BCUT2D eigenvalue weighted by molar-refractivity contribution is 5.83. The van der Waals surface area contributed by atoms with Crippen molar-refractivity contribution in [3.05, 3.63) is 0 Å². The molecule has 102 valence electrons. The summed E-state index contributed by atoms with van der Waals surface area (Å²) in [6.07, 6.45) is 8.96. The Bertz CT molecular complexity index is 318. The van der Waals surface area contributed by atoms with E-state index in [2.05, 4.69) is 17.1 Å². The molecule has 0 aromatic rings. The van der Waals surface area contributed by atoms with Crippen LogP contribution in [0.5, 0.6) is 0 Å². The molecule has 3 nitrogen and oxygen atoms in total. The van der Waals surface area contributed by atoms with Gasteiger partial charge in [-0.2, -0.15) is 0 Å². The summed E-state index contributed by atoms with van der Waals surface area (Å²) in [5, 5.41) is 3.45. The molecule has 1 saturated carbocycles. The summed E-state index contributed by atoms with van der Waals surface area (Å²) in [4.78, 5) is 15.0. The van der Waals surface area contributed by atoms with Crippen molar-refractivity contribution in [1.82, 2.24) is 10.2 Å². The highest BCUT2D eigenvalue weighted by Crippen LogP contribution is 2.37. The van der Waals surface area contributed by atoms with Crippen molar-refractivity contribution < 1.29 is 4.79 Å². The number of fused-ring (bicyclic) bond motifs is 1. The maximum atomic E-state index is 12.7. The topological polar surface area (TPSA) is 32.3 Å². The van der Waals surface area contributed by atoms with E-state index in [1.165, 1.54) is 44.9 Å². The molecule has 1 N–H and O–H groups in total. The lowest BCUT2D eigenvalue weighted by Crippen LogP contribution is -2.54. The van der Waals surface area contributed by atoms with Crippen LogP contribution in [0.15, 0.2) is 0 Å². The molecule has 3 aliphatic rings. The molecule has 4 atom stereocenters. The molecule has 0 radical (unpaired) electrons. The first-order valence-electron chi connectivity index (χ1n) is 7.81. The van der Waals surface area contributed by atoms with E-state index in [0.717, 1.165) is 19.0 Å². The van der Waals surface area contributed by atoms with Crippen molar-refractivity contribution in [2.24, 2.45) is 11.8 Å². The van der Waals surface area contributed by atoms with Crippen LogP contribution in [-0.2, 0) is 4.79 Å². The van der Waals surface area contributed by atoms with Gasteiger partial charge >= 0.3 is 0 Å². The largest absolute Gasteiger partial charge is 0.338 e. The lowest BCUT2D eigenvalue weighted by molar-refractivity contribution is -0.136. The average molecular weight is 250 g/mol. The number of nitrogens with zero attached hydrogens (tertiary/aromatic N) is 1. The lowest BCUT2D eigenvalue weighted by atomic mass is 9.84. The van der Waals surface area contributed by atoms with Crippen LogP contribution in [0.2, 0.25) is 0 Å². The predicted molar refractivity (Wildman–Crippen MR) is 72.3 cm³/mol. The Morgan fingerprint density at radius 1 is 1.11 bits per heavy atom. The van der Waals surface area contributed by atoms with Gasteiger partial charge in [-0.25, -0.2) is 0 Å². The zero-order valence-corrected chi connectivity index (χ0v) is 11.5. The van der Waals surface area contributed by atoms with Crippen molar-refractivity contribution in [2.75, 3.05) is 13.1 Å². The molecule has 2 aliphatic heterocycles. The van der Waals surface area contributed by atoms with Crippen LogP contribution < -0.4 is 5.32 Å². The van der Waals surface area contributed by atoms with Gasteiger partial charge in [-0.05, 0) is 50.5 Å².